The zero-order valence-electron chi connectivity index (χ0n) is 17.9. The molecule has 2 aromatic rings. The average molecular weight is 414 g/mol. The van der Waals surface area contributed by atoms with Crippen LogP contribution < -0.4 is 25.1 Å². The second-order valence-electron chi connectivity index (χ2n) is 6.94. The van der Waals surface area contributed by atoms with Crippen molar-refractivity contribution in [1.29, 1.82) is 0 Å². The zero-order chi connectivity index (χ0) is 21.2. The lowest BCUT2D eigenvalue weighted by atomic mass is 10.1. The number of hydrazine groups is 1. The Kier molecular flexibility index (Phi) is 8.38. The lowest BCUT2D eigenvalue weighted by Crippen LogP contribution is -2.41. The Hall–Kier alpha value is -2.74. The van der Waals surface area contributed by atoms with Crippen LogP contribution in [0.25, 0.3) is 12.2 Å². The first kappa shape index (κ1) is 22.0. The standard InChI is InChI=1S/C23H31N3O4/c1-27-20-14-19(15-21(17-20)28-2)5-4-18-6-7-23(29-3)22(16-18)25-24-8-9-26-10-12-30-13-11-26/h4-7,14-17,24-25H,8-13H2,1-3H3/b5-4-. The molecule has 0 unspecified atom stereocenters. The minimum absolute atomic E-state index is 0.760. The molecule has 7 nitrogen and oxygen atoms in total. The molecule has 0 amide bonds. The van der Waals surface area contributed by atoms with E-state index in [0.717, 1.165) is 73.5 Å². The second-order valence-corrected chi connectivity index (χ2v) is 6.94. The average Bonchev–Trinajstić information content (AvgIpc) is 2.81. The van der Waals surface area contributed by atoms with Crippen molar-refractivity contribution in [1.82, 2.24) is 10.3 Å². The molecule has 0 aliphatic carbocycles. The van der Waals surface area contributed by atoms with Gasteiger partial charge in [0.2, 0.25) is 0 Å². The molecule has 2 aromatic carbocycles. The van der Waals surface area contributed by atoms with Gasteiger partial charge in [0.1, 0.15) is 17.2 Å². The number of nitrogens with one attached hydrogen (secondary N) is 2. The first-order valence-electron chi connectivity index (χ1n) is 10.1. The molecule has 0 aromatic heterocycles. The van der Waals surface area contributed by atoms with Gasteiger partial charge in [0.15, 0.2) is 0 Å². The van der Waals surface area contributed by atoms with Crippen LogP contribution in [0.1, 0.15) is 11.1 Å². The van der Waals surface area contributed by atoms with Crippen LogP contribution in [0.2, 0.25) is 0 Å². The summed E-state index contributed by atoms with van der Waals surface area (Å²) in [5.41, 5.74) is 9.50. The molecule has 1 aliphatic rings. The molecule has 0 atom stereocenters. The van der Waals surface area contributed by atoms with Crippen LogP contribution in [0.3, 0.4) is 0 Å². The van der Waals surface area contributed by atoms with Crippen LogP contribution in [0, 0.1) is 0 Å². The third kappa shape index (κ3) is 6.38. The molecule has 3 rings (SSSR count). The van der Waals surface area contributed by atoms with Gasteiger partial charge in [0, 0.05) is 32.2 Å². The highest BCUT2D eigenvalue weighted by molar-refractivity contribution is 5.74. The topological polar surface area (TPSA) is 64.2 Å². The van der Waals surface area contributed by atoms with E-state index in [0.29, 0.717) is 0 Å². The van der Waals surface area contributed by atoms with E-state index < -0.39 is 0 Å². The van der Waals surface area contributed by atoms with E-state index in [2.05, 4.69) is 21.8 Å². The van der Waals surface area contributed by atoms with Crippen molar-refractivity contribution < 1.29 is 18.9 Å². The van der Waals surface area contributed by atoms with E-state index in [1.165, 1.54) is 0 Å². The normalized spacial score (nSPS) is 14.6. The van der Waals surface area contributed by atoms with Gasteiger partial charge in [-0.25, -0.2) is 5.43 Å². The Balaban J connectivity index is 1.62. The summed E-state index contributed by atoms with van der Waals surface area (Å²) in [7, 11) is 4.97. The predicted octanol–water partition coefficient (Wildman–Crippen LogP) is 3.13. The van der Waals surface area contributed by atoms with Crippen molar-refractivity contribution in [2.75, 3.05) is 66.1 Å². The Morgan fingerprint density at radius 3 is 2.27 bits per heavy atom. The third-order valence-corrected chi connectivity index (χ3v) is 4.95. The molecule has 30 heavy (non-hydrogen) atoms. The summed E-state index contributed by atoms with van der Waals surface area (Å²) in [4.78, 5) is 2.39. The molecule has 162 valence electrons. The zero-order valence-corrected chi connectivity index (χ0v) is 17.9. The number of rotatable bonds is 10. The highest BCUT2D eigenvalue weighted by Crippen LogP contribution is 2.27. The molecule has 2 N–H and O–H groups in total. The molecule has 0 saturated carbocycles. The van der Waals surface area contributed by atoms with Crippen LogP contribution in [-0.4, -0.2) is 65.6 Å². The van der Waals surface area contributed by atoms with E-state index in [1.54, 1.807) is 21.3 Å². The predicted molar refractivity (Wildman–Crippen MR) is 120 cm³/mol. The Morgan fingerprint density at radius 2 is 1.60 bits per heavy atom. The molecule has 0 radical (unpaired) electrons. The lowest BCUT2D eigenvalue weighted by Gasteiger charge is -2.26. The van der Waals surface area contributed by atoms with Gasteiger partial charge in [0.25, 0.3) is 0 Å². The van der Waals surface area contributed by atoms with Crippen molar-refractivity contribution in [3.05, 3.63) is 47.5 Å². The fourth-order valence-electron chi connectivity index (χ4n) is 3.24. The van der Waals surface area contributed by atoms with E-state index >= 15 is 0 Å². The van der Waals surface area contributed by atoms with Gasteiger partial charge in [-0.2, -0.15) is 0 Å². The van der Waals surface area contributed by atoms with Crippen LogP contribution in [0.15, 0.2) is 36.4 Å². The maximum absolute atomic E-state index is 5.48. The molecule has 7 heteroatoms. The van der Waals surface area contributed by atoms with Crippen molar-refractivity contribution >= 4 is 17.8 Å². The summed E-state index contributed by atoms with van der Waals surface area (Å²) in [5, 5.41) is 0. The minimum atomic E-state index is 0.760. The Bertz CT molecular complexity index is 813. The van der Waals surface area contributed by atoms with E-state index in [1.807, 2.05) is 42.5 Å². The van der Waals surface area contributed by atoms with Crippen LogP contribution in [-0.2, 0) is 4.74 Å². The lowest BCUT2D eigenvalue weighted by molar-refractivity contribution is 0.0386. The van der Waals surface area contributed by atoms with Crippen molar-refractivity contribution in [3.8, 4) is 17.2 Å². The van der Waals surface area contributed by atoms with Crippen LogP contribution in [0.5, 0.6) is 17.2 Å². The fourth-order valence-corrected chi connectivity index (χ4v) is 3.24. The largest absolute Gasteiger partial charge is 0.497 e. The van der Waals surface area contributed by atoms with Gasteiger partial charge < -0.3 is 24.4 Å². The summed E-state index contributed by atoms with van der Waals surface area (Å²) < 4.78 is 21.5. The number of nitrogens with zero attached hydrogens (tertiary/aromatic N) is 1. The number of hydrogen-bond donors (Lipinski definition) is 2. The Labute approximate surface area is 178 Å². The monoisotopic (exact) mass is 413 g/mol. The summed E-state index contributed by atoms with van der Waals surface area (Å²) >= 11 is 0. The van der Waals surface area contributed by atoms with Crippen molar-refractivity contribution in [2.24, 2.45) is 0 Å². The quantitative estimate of drug-likeness (QED) is 0.352. The first-order valence-corrected chi connectivity index (χ1v) is 10.1. The minimum Gasteiger partial charge on any atom is -0.497 e. The highest BCUT2D eigenvalue weighted by atomic mass is 16.5. The number of benzene rings is 2. The van der Waals surface area contributed by atoms with Crippen LogP contribution in [0.4, 0.5) is 5.69 Å². The van der Waals surface area contributed by atoms with Gasteiger partial charge in [-0.05, 0) is 35.4 Å². The first-order chi connectivity index (χ1) is 14.7. The molecule has 1 fully saturated rings. The maximum atomic E-state index is 5.48. The van der Waals surface area contributed by atoms with Crippen molar-refractivity contribution in [2.45, 2.75) is 0 Å². The summed E-state index contributed by atoms with van der Waals surface area (Å²) in [6, 6.07) is 11.8. The molecule has 1 saturated heterocycles. The molecule has 1 aliphatic heterocycles. The van der Waals surface area contributed by atoms with Gasteiger partial charge in [-0.1, -0.05) is 18.2 Å². The van der Waals surface area contributed by atoms with Gasteiger partial charge in [-0.3, -0.25) is 4.90 Å². The van der Waals surface area contributed by atoms with Crippen LogP contribution >= 0.6 is 0 Å². The van der Waals surface area contributed by atoms with Crippen molar-refractivity contribution in [3.63, 3.8) is 0 Å². The highest BCUT2D eigenvalue weighted by Gasteiger charge is 2.09. The maximum Gasteiger partial charge on any atom is 0.143 e. The van der Waals surface area contributed by atoms with E-state index in [4.69, 9.17) is 18.9 Å². The molecular formula is C23H31N3O4. The van der Waals surface area contributed by atoms with E-state index in [9.17, 15) is 0 Å². The number of morpholine rings is 1. The smallest absolute Gasteiger partial charge is 0.143 e. The SMILES string of the molecule is COc1cc(/C=C\c2ccc(OC)c(NNCCN3CCOCC3)c2)cc(OC)c1. The Morgan fingerprint density at radius 1 is 0.900 bits per heavy atom. The number of methoxy groups -OCH3 is 3. The molecule has 0 bridgehead atoms. The fraction of sp³-hybridized carbons (Fsp3) is 0.391. The van der Waals surface area contributed by atoms with Gasteiger partial charge in [0.05, 0.1) is 40.2 Å². The molecule has 0 spiro atoms. The summed E-state index contributed by atoms with van der Waals surface area (Å²) in [5.74, 6) is 2.31. The number of hydrogen-bond acceptors (Lipinski definition) is 7. The third-order valence-electron chi connectivity index (χ3n) is 4.95. The number of anilines is 1. The van der Waals surface area contributed by atoms with Gasteiger partial charge in [-0.15, -0.1) is 0 Å². The number of ether oxygens (including phenoxy) is 4. The second kappa shape index (κ2) is 11.4. The summed E-state index contributed by atoms with van der Waals surface area (Å²) in [6.07, 6.45) is 4.08. The summed E-state index contributed by atoms with van der Waals surface area (Å²) in [6.45, 7) is 5.40. The van der Waals surface area contributed by atoms with E-state index in [-0.39, 0.29) is 0 Å². The molecular weight excluding hydrogens is 382 g/mol. The molecule has 1 heterocycles. The van der Waals surface area contributed by atoms with Gasteiger partial charge >= 0.3 is 0 Å².